The van der Waals surface area contributed by atoms with Crippen molar-refractivity contribution in [1.82, 2.24) is 4.90 Å². The highest BCUT2D eigenvalue weighted by molar-refractivity contribution is 6.26. The van der Waals surface area contributed by atoms with Gasteiger partial charge in [0.1, 0.15) is 5.75 Å². The van der Waals surface area contributed by atoms with Crippen LogP contribution < -0.4 is 4.74 Å². The zero-order chi connectivity index (χ0) is 12.9. The number of hydrogen-bond acceptors (Lipinski definition) is 3. The quantitative estimate of drug-likeness (QED) is 0.718. The van der Waals surface area contributed by atoms with Gasteiger partial charge in [0.25, 0.3) is 11.8 Å². The van der Waals surface area contributed by atoms with E-state index in [1.54, 1.807) is 12.1 Å². The van der Waals surface area contributed by atoms with Crippen molar-refractivity contribution in [3.05, 3.63) is 41.5 Å². The number of hydrogen-bond donors (Lipinski definition) is 0. The Morgan fingerprint density at radius 3 is 2.56 bits per heavy atom. The molecule has 0 radical (unpaired) electrons. The normalized spacial score (nSPS) is 14.2. The standard InChI is InChI=1S/C14H11NO3/c1-15-13(16)9-5-3-4-8-6-7-10(18-2)12(11(8)9)14(15)17/h3-7H,1-2H3. The molecule has 0 atom stereocenters. The minimum atomic E-state index is -0.318. The van der Waals surface area contributed by atoms with E-state index in [0.717, 1.165) is 10.3 Å². The van der Waals surface area contributed by atoms with Crippen LogP contribution in [0.2, 0.25) is 0 Å². The first-order valence-electron chi connectivity index (χ1n) is 5.57. The molecule has 3 rings (SSSR count). The molecule has 18 heavy (non-hydrogen) atoms. The zero-order valence-electron chi connectivity index (χ0n) is 10.1. The average Bonchev–Trinajstić information content (AvgIpc) is 2.41. The number of nitrogens with zero attached hydrogens (tertiary/aromatic N) is 1. The second-order valence-electron chi connectivity index (χ2n) is 4.22. The third kappa shape index (κ3) is 1.20. The molecule has 1 aliphatic rings. The van der Waals surface area contributed by atoms with Crippen LogP contribution in [0, 0.1) is 0 Å². The molecular weight excluding hydrogens is 230 g/mol. The molecule has 0 saturated heterocycles. The van der Waals surface area contributed by atoms with Crippen molar-refractivity contribution < 1.29 is 14.3 Å². The third-order valence-electron chi connectivity index (χ3n) is 3.28. The van der Waals surface area contributed by atoms with Crippen molar-refractivity contribution in [3.63, 3.8) is 0 Å². The van der Waals surface area contributed by atoms with Crippen molar-refractivity contribution in [3.8, 4) is 5.75 Å². The Morgan fingerprint density at radius 1 is 1.06 bits per heavy atom. The molecule has 0 bridgehead atoms. The first-order valence-corrected chi connectivity index (χ1v) is 5.57. The zero-order valence-corrected chi connectivity index (χ0v) is 10.1. The van der Waals surface area contributed by atoms with Gasteiger partial charge in [-0.15, -0.1) is 0 Å². The van der Waals surface area contributed by atoms with Crippen LogP contribution >= 0.6 is 0 Å². The highest BCUT2D eigenvalue weighted by Crippen LogP contribution is 2.35. The van der Waals surface area contributed by atoms with Crippen LogP contribution in [0.1, 0.15) is 20.7 Å². The largest absolute Gasteiger partial charge is 0.496 e. The summed E-state index contributed by atoms with van der Waals surface area (Å²) in [7, 11) is 3.00. The monoisotopic (exact) mass is 241 g/mol. The molecule has 0 saturated carbocycles. The van der Waals surface area contributed by atoms with Crippen LogP contribution in [0.4, 0.5) is 0 Å². The van der Waals surface area contributed by atoms with E-state index in [-0.39, 0.29) is 11.8 Å². The molecule has 2 aromatic rings. The maximum absolute atomic E-state index is 12.2. The molecule has 90 valence electrons. The van der Waals surface area contributed by atoms with E-state index in [4.69, 9.17) is 4.74 Å². The minimum absolute atomic E-state index is 0.272. The van der Waals surface area contributed by atoms with Crippen LogP contribution in [0.15, 0.2) is 30.3 Å². The van der Waals surface area contributed by atoms with E-state index in [9.17, 15) is 9.59 Å². The van der Waals surface area contributed by atoms with Crippen LogP contribution in [0.3, 0.4) is 0 Å². The molecule has 4 heteroatoms. The van der Waals surface area contributed by atoms with E-state index in [2.05, 4.69) is 0 Å². The molecule has 0 unspecified atom stereocenters. The number of carbonyl (C=O) groups is 2. The molecule has 1 aliphatic heterocycles. The Kier molecular flexibility index (Phi) is 2.13. The maximum atomic E-state index is 12.2. The summed E-state index contributed by atoms with van der Waals surface area (Å²) in [5, 5.41) is 1.56. The summed E-state index contributed by atoms with van der Waals surface area (Å²) < 4.78 is 5.23. The van der Waals surface area contributed by atoms with Gasteiger partial charge in [0.15, 0.2) is 0 Å². The van der Waals surface area contributed by atoms with E-state index in [1.165, 1.54) is 14.2 Å². The first-order chi connectivity index (χ1) is 8.65. The SMILES string of the molecule is COc1ccc2cccc3c2c1C(=O)N(C)C3=O. The third-order valence-corrected chi connectivity index (χ3v) is 3.28. The number of imide groups is 1. The number of benzene rings is 2. The summed E-state index contributed by atoms with van der Waals surface area (Å²) >= 11 is 0. The maximum Gasteiger partial charge on any atom is 0.264 e. The van der Waals surface area contributed by atoms with Gasteiger partial charge in [-0.05, 0) is 17.5 Å². The lowest BCUT2D eigenvalue weighted by molar-refractivity contribution is 0.0649. The Bertz CT molecular complexity index is 691. The fourth-order valence-corrected chi connectivity index (χ4v) is 2.36. The van der Waals surface area contributed by atoms with Crippen LogP contribution in [0.5, 0.6) is 5.75 Å². The molecule has 0 aliphatic carbocycles. The topological polar surface area (TPSA) is 46.6 Å². The van der Waals surface area contributed by atoms with Crippen LogP contribution in [-0.2, 0) is 0 Å². The molecule has 0 fully saturated rings. The van der Waals surface area contributed by atoms with Gasteiger partial charge in [-0.2, -0.15) is 0 Å². The van der Waals surface area contributed by atoms with Crippen molar-refractivity contribution in [2.24, 2.45) is 0 Å². The number of carbonyl (C=O) groups excluding carboxylic acids is 2. The predicted molar refractivity (Wildman–Crippen MR) is 66.9 cm³/mol. The van der Waals surface area contributed by atoms with Gasteiger partial charge in [-0.3, -0.25) is 14.5 Å². The average molecular weight is 241 g/mol. The summed E-state index contributed by atoms with van der Waals surface area (Å²) in [6.07, 6.45) is 0. The predicted octanol–water partition coefficient (Wildman–Crippen LogP) is 2.07. The molecule has 1 heterocycles. The lowest BCUT2D eigenvalue weighted by atomic mass is 9.93. The molecule has 0 N–H and O–H groups in total. The van der Waals surface area contributed by atoms with Crippen LogP contribution in [-0.4, -0.2) is 30.9 Å². The summed E-state index contributed by atoms with van der Waals surface area (Å²) in [5.74, 6) is -0.0909. The van der Waals surface area contributed by atoms with Gasteiger partial charge in [-0.25, -0.2) is 0 Å². The summed E-state index contributed by atoms with van der Waals surface area (Å²) in [6.45, 7) is 0. The fourth-order valence-electron chi connectivity index (χ4n) is 2.36. The van der Waals surface area contributed by atoms with Gasteiger partial charge in [0.05, 0.1) is 12.7 Å². The summed E-state index contributed by atoms with van der Waals surface area (Å²) in [5.41, 5.74) is 1.01. The summed E-state index contributed by atoms with van der Waals surface area (Å²) in [6, 6.07) is 9.04. The van der Waals surface area contributed by atoms with E-state index < -0.39 is 0 Å². The number of ether oxygens (including phenoxy) is 1. The fraction of sp³-hybridized carbons (Fsp3) is 0.143. The molecule has 4 nitrogen and oxygen atoms in total. The van der Waals surface area contributed by atoms with Crippen molar-refractivity contribution in [2.45, 2.75) is 0 Å². The van der Waals surface area contributed by atoms with Gasteiger partial charge in [0.2, 0.25) is 0 Å². The van der Waals surface area contributed by atoms with E-state index >= 15 is 0 Å². The molecule has 0 aromatic heterocycles. The minimum Gasteiger partial charge on any atom is -0.496 e. The van der Waals surface area contributed by atoms with Gasteiger partial charge < -0.3 is 4.74 Å². The van der Waals surface area contributed by atoms with E-state index in [1.807, 2.05) is 18.2 Å². The Hall–Kier alpha value is -2.36. The van der Waals surface area contributed by atoms with Crippen LogP contribution in [0.25, 0.3) is 10.8 Å². The number of rotatable bonds is 1. The molecule has 2 amide bonds. The molecular formula is C14H11NO3. The van der Waals surface area contributed by atoms with Crippen molar-refractivity contribution in [1.29, 1.82) is 0 Å². The number of methoxy groups -OCH3 is 1. The Balaban J connectivity index is 2.52. The smallest absolute Gasteiger partial charge is 0.264 e. The van der Waals surface area contributed by atoms with Gasteiger partial charge in [0, 0.05) is 18.0 Å². The highest BCUT2D eigenvalue weighted by Gasteiger charge is 2.32. The second kappa shape index (κ2) is 3.57. The lowest BCUT2D eigenvalue weighted by Gasteiger charge is -2.24. The van der Waals surface area contributed by atoms with Crippen molar-refractivity contribution in [2.75, 3.05) is 14.2 Å². The van der Waals surface area contributed by atoms with Gasteiger partial charge in [-0.1, -0.05) is 18.2 Å². The second-order valence-corrected chi connectivity index (χ2v) is 4.22. The highest BCUT2D eigenvalue weighted by atomic mass is 16.5. The molecule has 2 aromatic carbocycles. The first kappa shape index (κ1) is 10.8. The Morgan fingerprint density at radius 2 is 1.83 bits per heavy atom. The molecule has 0 spiro atoms. The lowest BCUT2D eigenvalue weighted by Crippen LogP contribution is -2.37. The number of amides is 2. The van der Waals surface area contributed by atoms with Gasteiger partial charge >= 0.3 is 0 Å². The van der Waals surface area contributed by atoms with Crippen molar-refractivity contribution >= 4 is 22.6 Å². The summed E-state index contributed by atoms with van der Waals surface area (Å²) in [4.78, 5) is 25.4. The van der Waals surface area contributed by atoms with E-state index in [0.29, 0.717) is 22.3 Å². The Labute approximate surface area is 104 Å².